The van der Waals surface area contributed by atoms with Gasteiger partial charge in [-0.1, -0.05) is 36.5 Å². The molecule has 0 fully saturated rings. The maximum absolute atomic E-state index is 6.04. The van der Waals surface area contributed by atoms with Crippen LogP contribution in [0, 0.1) is 13.8 Å². The van der Waals surface area contributed by atoms with E-state index in [4.69, 9.17) is 27.9 Å². The van der Waals surface area contributed by atoms with Crippen molar-refractivity contribution >= 4 is 34.1 Å². The largest absolute Gasteiger partial charge is 0.487 e. The summed E-state index contributed by atoms with van der Waals surface area (Å²) in [5.74, 6) is 0.678. The van der Waals surface area contributed by atoms with Crippen LogP contribution in [0.1, 0.15) is 35.9 Å². The van der Waals surface area contributed by atoms with Gasteiger partial charge >= 0.3 is 0 Å². The highest BCUT2D eigenvalue weighted by atomic mass is 35.5. The van der Waals surface area contributed by atoms with Gasteiger partial charge in [0.15, 0.2) is 0 Å². The van der Waals surface area contributed by atoms with Crippen molar-refractivity contribution in [2.24, 2.45) is 0 Å². The molecule has 0 unspecified atom stereocenters. The number of halogens is 2. The number of rotatable bonds is 5. The van der Waals surface area contributed by atoms with Crippen molar-refractivity contribution in [2.75, 3.05) is 0 Å². The Bertz CT molecular complexity index is 887. The number of aryl methyl sites for hydroxylation is 3. The summed E-state index contributed by atoms with van der Waals surface area (Å²) in [6, 6.07) is 5.26. The van der Waals surface area contributed by atoms with E-state index in [9.17, 15) is 0 Å². The maximum Gasteiger partial charge on any atom is 0.132 e. The molecule has 0 amide bonds. The molecule has 0 saturated heterocycles. The number of ether oxygens (including phenoxy) is 1. The minimum Gasteiger partial charge on any atom is -0.487 e. The van der Waals surface area contributed by atoms with Crippen molar-refractivity contribution in [3.8, 4) is 5.75 Å². The van der Waals surface area contributed by atoms with Crippen LogP contribution >= 0.6 is 23.2 Å². The monoisotopic (exact) mass is 362 g/mol. The van der Waals surface area contributed by atoms with E-state index < -0.39 is 0 Å². The maximum atomic E-state index is 6.04. The Morgan fingerprint density at radius 3 is 2.67 bits per heavy atom. The number of hydrogen-bond acceptors (Lipinski definition) is 2. The number of nitrogens with zero attached hydrogens (tertiary/aromatic N) is 1. The summed E-state index contributed by atoms with van der Waals surface area (Å²) in [5, 5.41) is 2.28. The number of hydrogen-bond donors (Lipinski definition) is 1. The van der Waals surface area contributed by atoms with E-state index in [0.29, 0.717) is 22.4 Å². The van der Waals surface area contributed by atoms with Crippen LogP contribution in [0.5, 0.6) is 5.75 Å². The second-order valence-electron chi connectivity index (χ2n) is 5.97. The van der Waals surface area contributed by atoms with Crippen LogP contribution in [-0.4, -0.2) is 9.97 Å². The van der Waals surface area contributed by atoms with Gasteiger partial charge in [0.2, 0.25) is 0 Å². The third kappa shape index (κ3) is 3.24. The lowest BCUT2D eigenvalue weighted by Gasteiger charge is -2.10. The normalized spacial score (nSPS) is 11.2. The average molecular weight is 363 g/mol. The molecule has 3 nitrogen and oxygen atoms in total. The van der Waals surface area contributed by atoms with Crippen molar-refractivity contribution < 1.29 is 4.74 Å². The zero-order chi connectivity index (χ0) is 17.3. The number of aromatic amines is 1. The predicted molar refractivity (Wildman–Crippen MR) is 100 cm³/mol. The summed E-state index contributed by atoms with van der Waals surface area (Å²) in [7, 11) is 0. The molecule has 5 heteroatoms. The smallest absolute Gasteiger partial charge is 0.132 e. The van der Waals surface area contributed by atoms with Crippen molar-refractivity contribution in [3.63, 3.8) is 0 Å². The molecule has 1 N–H and O–H groups in total. The van der Waals surface area contributed by atoms with Gasteiger partial charge in [-0.15, -0.1) is 0 Å². The molecular weight excluding hydrogens is 343 g/mol. The van der Waals surface area contributed by atoms with E-state index in [0.717, 1.165) is 24.1 Å². The van der Waals surface area contributed by atoms with Gasteiger partial charge in [-0.05, 0) is 43.5 Å². The summed E-state index contributed by atoms with van der Waals surface area (Å²) in [6.45, 7) is 6.80. The van der Waals surface area contributed by atoms with E-state index >= 15 is 0 Å². The quantitative estimate of drug-likeness (QED) is 0.602. The minimum absolute atomic E-state index is 0.375. The predicted octanol–water partition coefficient (Wildman–Crippen LogP) is 6.02. The number of fused-ring (bicyclic) bond motifs is 1. The first-order valence-electron chi connectivity index (χ1n) is 8.04. The lowest BCUT2D eigenvalue weighted by molar-refractivity contribution is 0.303. The lowest BCUT2D eigenvalue weighted by Crippen LogP contribution is -2.01. The van der Waals surface area contributed by atoms with Crippen LogP contribution in [-0.2, 0) is 13.0 Å². The molecule has 24 heavy (non-hydrogen) atoms. The number of benzene rings is 1. The average Bonchev–Trinajstić information content (AvgIpc) is 2.86. The Morgan fingerprint density at radius 1 is 1.17 bits per heavy atom. The van der Waals surface area contributed by atoms with E-state index in [-0.39, 0.29) is 0 Å². The van der Waals surface area contributed by atoms with Gasteiger partial charge in [-0.2, -0.15) is 0 Å². The molecule has 0 aliphatic rings. The van der Waals surface area contributed by atoms with Crippen molar-refractivity contribution in [1.82, 2.24) is 9.97 Å². The van der Waals surface area contributed by atoms with E-state index in [1.165, 1.54) is 22.2 Å². The molecule has 126 valence electrons. The topological polar surface area (TPSA) is 37.9 Å². The number of H-pyrrole nitrogens is 1. The Hall–Kier alpha value is -1.71. The first-order chi connectivity index (χ1) is 11.5. The van der Waals surface area contributed by atoms with Crippen molar-refractivity contribution in [1.29, 1.82) is 0 Å². The Labute approximate surface area is 152 Å². The highest BCUT2D eigenvalue weighted by Crippen LogP contribution is 2.30. The van der Waals surface area contributed by atoms with Crippen molar-refractivity contribution in [2.45, 2.75) is 40.2 Å². The van der Waals surface area contributed by atoms with Crippen LogP contribution in [0.2, 0.25) is 10.0 Å². The van der Waals surface area contributed by atoms with Crippen LogP contribution in [0.4, 0.5) is 0 Å². The number of nitrogens with one attached hydrogen (secondary N) is 1. The van der Waals surface area contributed by atoms with E-state index in [2.05, 4.69) is 30.7 Å². The SMILES string of the molecule is CCCc1cnc(COc2ccc(Cl)c(Cl)c2)c2[nH]c(C)c(C)c12. The van der Waals surface area contributed by atoms with Gasteiger partial charge in [-0.3, -0.25) is 4.98 Å². The molecule has 0 radical (unpaired) electrons. The van der Waals surface area contributed by atoms with Crippen LogP contribution < -0.4 is 4.74 Å². The molecule has 0 aliphatic heterocycles. The molecule has 0 bridgehead atoms. The second-order valence-corrected chi connectivity index (χ2v) is 6.78. The first kappa shape index (κ1) is 17.1. The fourth-order valence-electron chi connectivity index (χ4n) is 2.91. The Morgan fingerprint density at radius 2 is 1.96 bits per heavy atom. The summed E-state index contributed by atoms with van der Waals surface area (Å²) in [4.78, 5) is 8.08. The molecule has 0 spiro atoms. The Balaban J connectivity index is 1.93. The Kier molecular flexibility index (Phi) is 5.02. The van der Waals surface area contributed by atoms with Crippen LogP contribution in [0.3, 0.4) is 0 Å². The molecule has 1 aromatic carbocycles. The zero-order valence-corrected chi connectivity index (χ0v) is 15.6. The highest BCUT2D eigenvalue weighted by molar-refractivity contribution is 6.42. The van der Waals surface area contributed by atoms with E-state index in [1.807, 2.05) is 12.3 Å². The third-order valence-electron chi connectivity index (χ3n) is 4.27. The van der Waals surface area contributed by atoms with Crippen LogP contribution in [0.25, 0.3) is 10.9 Å². The van der Waals surface area contributed by atoms with Gasteiger partial charge in [-0.25, -0.2) is 0 Å². The third-order valence-corrected chi connectivity index (χ3v) is 5.01. The zero-order valence-electron chi connectivity index (χ0n) is 14.0. The van der Waals surface area contributed by atoms with Gasteiger partial charge < -0.3 is 9.72 Å². The van der Waals surface area contributed by atoms with Crippen LogP contribution in [0.15, 0.2) is 24.4 Å². The first-order valence-corrected chi connectivity index (χ1v) is 8.80. The van der Waals surface area contributed by atoms with Gasteiger partial charge in [0.25, 0.3) is 0 Å². The number of aromatic nitrogens is 2. The molecule has 0 atom stereocenters. The number of pyridine rings is 1. The lowest BCUT2D eigenvalue weighted by atomic mass is 10.0. The highest BCUT2D eigenvalue weighted by Gasteiger charge is 2.14. The molecule has 3 rings (SSSR count). The fourth-order valence-corrected chi connectivity index (χ4v) is 3.20. The molecule has 0 saturated carbocycles. The minimum atomic E-state index is 0.375. The van der Waals surface area contributed by atoms with E-state index in [1.54, 1.807) is 12.1 Å². The second kappa shape index (κ2) is 7.04. The summed E-state index contributed by atoms with van der Waals surface area (Å²) in [5.41, 5.74) is 5.70. The summed E-state index contributed by atoms with van der Waals surface area (Å²) >= 11 is 12.0. The standard InChI is InChI=1S/C19H20Cl2N2O/c1-4-5-13-9-22-17(19-18(13)11(2)12(3)23-19)10-24-14-6-7-15(20)16(21)8-14/h6-9,23H,4-5,10H2,1-3H3. The molecule has 2 aromatic heterocycles. The summed E-state index contributed by atoms with van der Waals surface area (Å²) in [6.07, 6.45) is 4.09. The van der Waals surface area contributed by atoms with Gasteiger partial charge in [0.1, 0.15) is 18.1 Å². The van der Waals surface area contributed by atoms with Crippen molar-refractivity contribution in [3.05, 3.63) is 57.0 Å². The van der Waals surface area contributed by atoms with Gasteiger partial charge in [0.05, 0.1) is 15.6 Å². The molecule has 0 aliphatic carbocycles. The fraction of sp³-hybridized carbons (Fsp3) is 0.316. The summed E-state index contributed by atoms with van der Waals surface area (Å²) < 4.78 is 5.86. The molecule has 3 aromatic rings. The van der Waals surface area contributed by atoms with Gasteiger partial charge in [0, 0.05) is 23.3 Å². The molecular formula is C19H20Cl2N2O. The molecule has 2 heterocycles.